The van der Waals surface area contributed by atoms with E-state index in [4.69, 9.17) is 4.74 Å². The number of ether oxygens (including phenoxy) is 1. The number of hydrogen-bond acceptors (Lipinski definition) is 3. The van der Waals surface area contributed by atoms with Gasteiger partial charge >= 0.3 is 18.1 Å². The van der Waals surface area contributed by atoms with Crippen molar-refractivity contribution in [3.63, 3.8) is 0 Å². The number of carbonyl (C=O) groups excluding carboxylic acids is 2. The Labute approximate surface area is 103 Å². The lowest BCUT2D eigenvalue weighted by Gasteiger charge is -2.27. The molecule has 1 amide bonds. The molecule has 4 nitrogen and oxygen atoms in total. The number of rotatable bonds is 1. The number of halogens is 3. The summed E-state index contributed by atoms with van der Waals surface area (Å²) < 4.78 is 42.0. The second-order valence-electron chi connectivity index (χ2n) is 5.19. The first kappa shape index (κ1) is 14.8. The third-order valence-electron chi connectivity index (χ3n) is 2.44. The van der Waals surface area contributed by atoms with E-state index in [-0.39, 0.29) is 13.0 Å². The van der Waals surface area contributed by atoms with Crippen molar-refractivity contribution >= 4 is 11.9 Å². The molecular weight excluding hydrogens is 251 g/mol. The second-order valence-corrected chi connectivity index (χ2v) is 5.19. The smallest absolute Gasteiger partial charge is 0.458 e. The van der Waals surface area contributed by atoms with E-state index in [9.17, 15) is 22.8 Å². The van der Waals surface area contributed by atoms with Crippen LogP contribution < -0.4 is 0 Å². The van der Waals surface area contributed by atoms with Crippen molar-refractivity contribution in [2.75, 3.05) is 6.54 Å². The Morgan fingerprint density at radius 2 is 1.78 bits per heavy atom. The highest BCUT2D eigenvalue weighted by molar-refractivity contribution is 5.88. The Morgan fingerprint density at radius 1 is 1.22 bits per heavy atom. The van der Waals surface area contributed by atoms with Crippen LogP contribution in [0, 0.1) is 0 Å². The van der Waals surface area contributed by atoms with Crippen LogP contribution in [0.4, 0.5) is 13.2 Å². The van der Waals surface area contributed by atoms with Crippen LogP contribution >= 0.6 is 0 Å². The van der Waals surface area contributed by atoms with E-state index in [0.717, 1.165) is 0 Å². The standard InChI is InChI=1S/C11H16F3NO3/c1-10(2,3)18-8(16)7-5-4-6-15(7)9(17)11(12,13)14/h7H,4-6H2,1-3H3/t7-/m0/s1. The van der Waals surface area contributed by atoms with Crippen LogP contribution in [0.15, 0.2) is 0 Å². The molecule has 0 N–H and O–H groups in total. The number of esters is 1. The Balaban J connectivity index is 2.77. The van der Waals surface area contributed by atoms with Crippen molar-refractivity contribution in [3.05, 3.63) is 0 Å². The van der Waals surface area contributed by atoms with Gasteiger partial charge in [-0.3, -0.25) is 4.79 Å². The summed E-state index contributed by atoms with van der Waals surface area (Å²) in [6.45, 7) is 4.80. The quantitative estimate of drug-likeness (QED) is 0.681. The topological polar surface area (TPSA) is 46.6 Å². The van der Waals surface area contributed by atoms with Crippen LogP contribution in [-0.4, -0.2) is 41.1 Å². The molecule has 1 saturated heterocycles. The highest BCUT2D eigenvalue weighted by atomic mass is 19.4. The van der Waals surface area contributed by atoms with Crippen molar-refractivity contribution < 1.29 is 27.5 Å². The number of likely N-dealkylation sites (tertiary alicyclic amines) is 1. The largest absolute Gasteiger partial charge is 0.471 e. The number of alkyl halides is 3. The minimum Gasteiger partial charge on any atom is -0.458 e. The molecule has 7 heteroatoms. The summed E-state index contributed by atoms with van der Waals surface area (Å²) >= 11 is 0. The summed E-state index contributed by atoms with van der Waals surface area (Å²) in [4.78, 5) is 23.4. The van der Waals surface area contributed by atoms with Gasteiger partial charge in [-0.2, -0.15) is 13.2 Å². The fraction of sp³-hybridized carbons (Fsp3) is 0.818. The molecule has 0 aliphatic carbocycles. The Hall–Kier alpha value is -1.27. The summed E-state index contributed by atoms with van der Waals surface area (Å²) in [5.41, 5.74) is -0.785. The Morgan fingerprint density at radius 3 is 2.22 bits per heavy atom. The van der Waals surface area contributed by atoms with E-state index in [1.165, 1.54) is 0 Å². The molecule has 1 atom stereocenters. The minimum absolute atomic E-state index is 0.0672. The Bertz CT molecular complexity index is 346. The van der Waals surface area contributed by atoms with Crippen LogP contribution in [0.25, 0.3) is 0 Å². The molecule has 104 valence electrons. The lowest BCUT2D eigenvalue weighted by Crippen LogP contribution is -2.48. The molecule has 1 aliphatic heterocycles. The first-order valence-corrected chi connectivity index (χ1v) is 5.63. The van der Waals surface area contributed by atoms with Gasteiger partial charge in [0, 0.05) is 6.54 Å². The maximum atomic E-state index is 12.3. The van der Waals surface area contributed by atoms with Crippen LogP contribution in [0.3, 0.4) is 0 Å². The molecule has 1 fully saturated rings. The first-order valence-electron chi connectivity index (χ1n) is 5.63. The predicted molar refractivity (Wildman–Crippen MR) is 56.6 cm³/mol. The molecule has 0 radical (unpaired) electrons. The third-order valence-corrected chi connectivity index (χ3v) is 2.44. The molecule has 1 aliphatic rings. The van der Waals surface area contributed by atoms with Gasteiger partial charge in [-0.1, -0.05) is 0 Å². The number of carbonyl (C=O) groups is 2. The maximum absolute atomic E-state index is 12.3. The summed E-state index contributed by atoms with van der Waals surface area (Å²) in [7, 11) is 0. The van der Waals surface area contributed by atoms with Crippen molar-refractivity contribution in [3.8, 4) is 0 Å². The molecule has 1 heterocycles. The fourth-order valence-corrected chi connectivity index (χ4v) is 1.79. The zero-order valence-corrected chi connectivity index (χ0v) is 10.5. The van der Waals surface area contributed by atoms with Gasteiger partial charge in [-0.25, -0.2) is 4.79 Å². The van der Waals surface area contributed by atoms with Crippen LogP contribution in [0.1, 0.15) is 33.6 Å². The van der Waals surface area contributed by atoms with Gasteiger partial charge in [0.15, 0.2) is 0 Å². The van der Waals surface area contributed by atoms with Gasteiger partial charge in [0.2, 0.25) is 0 Å². The summed E-state index contributed by atoms with van der Waals surface area (Å²) in [6.07, 6.45) is -4.38. The average molecular weight is 267 g/mol. The number of nitrogens with zero attached hydrogens (tertiary/aromatic N) is 1. The molecule has 0 aromatic heterocycles. The molecule has 0 bridgehead atoms. The van der Waals surface area contributed by atoms with E-state index in [1.54, 1.807) is 20.8 Å². The van der Waals surface area contributed by atoms with E-state index < -0.39 is 29.7 Å². The SMILES string of the molecule is CC(C)(C)OC(=O)[C@@H]1CCCN1C(=O)C(F)(F)F. The van der Waals surface area contributed by atoms with E-state index in [1.807, 2.05) is 0 Å². The van der Waals surface area contributed by atoms with Crippen molar-refractivity contribution in [2.24, 2.45) is 0 Å². The molecule has 0 unspecified atom stereocenters. The van der Waals surface area contributed by atoms with Crippen molar-refractivity contribution in [1.82, 2.24) is 4.90 Å². The normalized spacial score (nSPS) is 21.0. The van der Waals surface area contributed by atoms with Crippen LogP contribution in [-0.2, 0) is 14.3 Å². The van der Waals surface area contributed by atoms with Gasteiger partial charge in [0.1, 0.15) is 11.6 Å². The van der Waals surface area contributed by atoms with Crippen LogP contribution in [0.2, 0.25) is 0 Å². The van der Waals surface area contributed by atoms with Gasteiger partial charge in [0.05, 0.1) is 0 Å². The molecule has 1 rings (SSSR count). The summed E-state index contributed by atoms with van der Waals surface area (Å²) in [6, 6.07) is -1.13. The zero-order valence-electron chi connectivity index (χ0n) is 10.5. The number of hydrogen-bond donors (Lipinski definition) is 0. The fourth-order valence-electron chi connectivity index (χ4n) is 1.79. The molecule has 0 saturated carbocycles. The lowest BCUT2D eigenvalue weighted by molar-refractivity contribution is -0.189. The van der Waals surface area contributed by atoms with Crippen molar-refractivity contribution in [1.29, 1.82) is 0 Å². The average Bonchev–Trinajstić information content (AvgIpc) is 2.60. The number of amides is 1. The predicted octanol–water partition coefficient (Wildman–Crippen LogP) is 1.88. The van der Waals surface area contributed by atoms with E-state index in [0.29, 0.717) is 11.3 Å². The maximum Gasteiger partial charge on any atom is 0.471 e. The summed E-state index contributed by atoms with van der Waals surface area (Å²) in [5, 5.41) is 0. The lowest BCUT2D eigenvalue weighted by atomic mass is 10.1. The zero-order chi connectivity index (χ0) is 14.1. The van der Waals surface area contributed by atoms with Gasteiger partial charge in [-0.15, -0.1) is 0 Å². The highest BCUT2D eigenvalue weighted by Crippen LogP contribution is 2.27. The molecule has 18 heavy (non-hydrogen) atoms. The summed E-state index contributed by atoms with van der Waals surface area (Å²) in [5.74, 6) is -2.76. The van der Waals surface area contributed by atoms with Crippen molar-refractivity contribution in [2.45, 2.75) is 51.4 Å². The Kier molecular flexibility index (Phi) is 3.92. The molecule has 0 aromatic carbocycles. The van der Waals surface area contributed by atoms with Gasteiger partial charge < -0.3 is 9.64 Å². The molecule has 0 aromatic rings. The monoisotopic (exact) mass is 267 g/mol. The van der Waals surface area contributed by atoms with Crippen LogP contribution in [0.5, 0.6) is 0 Å². The third kappa shape index (κ3) is 3.61. The van der Waals surface area contributed by atoms with E-state index in [2.05, 4.69) is 0 Å². The van der Waals surface area contributed by atoms with E-state index >= 15 is 0 Å². The molecular formula is C11H16F3NO3. The van der Waals surface area contributed by atoms with Gasteiger partial charge in [-0.05, 0) is 33.6 Å². The minimum atomic E-state index is -4.95. The first-order chi connectivity index (χ1) is 8.02. The second kappa shape index (κ2) is 4.78. The highest BCUT2D eigenvalue weighted by Gasteiger charge is 2.48. The van der Waals surface area contributed by atoms with Gasteiger partial charge in [0.25, 0.3) is 0 Å². The molecule has 0 spiro atoms.